The van der Waals surface area contributed by atoms with Crippen LogP contribution in [0, 0.1) is 0 Å². The van der Waals surface area contributed by atoms with Gasteiger partial charge >= 0.3 is 0 Å². The number of carbonyl (C=O) groups is 3. The number of amides is 3. The maximum atomic E-state index is 13.3. The van der Waals surface area contributed by atoms with Gasteiger partial charge in [-0.15, -0.1) is 0 Å². The average Bonchev–Trinajstić information content (AvgIpc) is 3.45. The zero-order valence-corrected chi connectivity index (χ0v) is 21.2. The van der Waals surface area contributed by atoms with Crippen molar-refractivity contribution in [3.8, 4) is 11.4 Å². The molecule has 12 heteroatoms. The number of nitrogens with zero attached hydrogens (tertiary/aromatic N) is 2. The molecule has 4 N–H and O–H groups in total. The second-order valence-corrected chi connectivity index (χ2v) is 9.78. The van der Waals surface area contributed by atoms with Crippen LogP contribution in [-0.4, -0.2) is 73.2 Å². The fourth-order valence-electron chi connectivity index (χ4n) is 5.24. The maximum absolute atomic E-state index is 13.3. The number of methoxy groups -OCH3 is 1. The van der Waals surface area contributed by atoms with Crippen molar-refractivity contribution in [2.75, 3.05) is 45.7 Å². The number of hydrogen-bond donors (Lipinski definition) is 3. The Hall–Kier alpha value is -3.41. The maximum Gasteiger partial charge on any atom is 0.262 e. The molecule has 1 aromatic heterocycles. The highest BCUT2D eigenvalue weighted by atomic mass is 35.5. The van der Waals surface area contributed by atoms with Crippen LogP contribution in [0.2, 0.25) is 5.02 Å². The fourth-order valence-corrected chi connectivity index (χ4v) is 5.55. The standard InChI is InChI=1S/C25H28ClN5O6/c1-36-9-2-6-30-7-3-13(4-8-30)28-24(34)16-11-17(26)20(14-5-10-37-21(14)16)31-18(32)12-15-19(22(31)27)25(35)29-23(15)33/h11-13H,2-10,27H2,1H3,(H,28,34)(H,29,33,35). The minimum Gasteiger partial charge on any atom is -0.492 e. The number of ether oxygens (including phenoxy) is 2. The van der Waals surface area contributed by atoms with E-state index in [1.807, 2.05) is 0 Å². The van der Waals surface area contributed by atoms with Gasteiger partial charge in [0.25, 0.3) is 23.3 Å². The largest absolute Gasteiger partial charge is 0.492 e. The number of imide groups is 1. The van der Waals surface area contributed by atoms with Crippen LogP contribution in [0.1, 0.15) is 55.9 Å². The van der Waals surface area contributed by atoms with Crippen molar-refractivity contribution < 1.29 is 23.9 Å². The Kier molecular flexibility index (Phi) is 6.93. The normalized spacial score (nSPS) is 17.4. The number of fused-ring (bicyclic) bond motifs is 2. The van der Waals surface area contributed by atoms with Crippen molar-refractivity contribution >= 4 is 35.1 Å². The number of carbonyl (C=O) groups excluding carboxylic acids is 3. The van der Waals surface area contributed by atoms with Gasteiger partial charge in [0.2, 0.25) is 0 Å². The number of likely N-dealkylation sites (tertiary alicyclic amines) is 1. The van der Waals surface area contributed by atoms with Crippen LogP contribution in [0.15, 0.2) is 16.9 Å². The predicted molar refractivity (Wildman–Crippen MR) is 136 cm³/mol. The Labute approximate surface area is 217 Å². The molecule has 3 aliphatic rings. The number of hydrogen-bond acceptors (Lipinski definition) is 8. The SMILES string of the molecule is COCCCN1CCC(NC(=O)c2cc(Cl)c(-n3c(N)c4c(cc3=O)C(=O)NC4=O)c3c2OCC3)CC1. The lowest BCUT2D eigenvalue weighted by molar-refractivity contribution is 0.0875. The Balaban J connectivity index is 1.42. The van der Waals surface area contributed by atoms with Crippen molar-refractivity contribution in [2.45, 2.75) is 31.7 Å². The quantitative estimate of drug-likeness (QED) is 0.357. The molecule has 5 rings (SSSR count). The van der Waals surface area contributed by atoms with E-state index in [-0.39, 0.29) is 45.2 Å². The van der Waals surface area contributed by atoms with Crippen LogP contribution >= 0.6 is 11.6 Å². The highest BCUT2D eigenvalue weighted by Crippen LogP contribution is 2.40. The average molecular weight is 530 g/mol. The molecule has 0 radical (unpaired) electrons. The molecule has 1 saturated heterocycles. The lowest BCUT2D eigenvalue weighted by Gasteiger charge is -2.32. The first-order valence-electron chi connectivity index (χ1n) is 12.2. The summed E-state index contributed by atoms with van der Waals surface area (Å²) in [5, 5.41) is 5.35. The van der Waals surface area contributed by atoms with Crippen LogP contribution in [0.5, 0.6) is 5.75 Å². The summed E-state index contributed by atoms with van der Waals surface area (Å²) in [6.07, 6.45) is 3.02. The number of nitrogens with two attached hydrogens (primary N) is 1. The van der Waals surface area contributed by atoms with Gasteiger partial charge in [-0.05, 0) is 25.3 Å². The lowest BCUT2D eigenvalue weighted by Crippen LogP contribution is -2.45. The van der Waals surface area contributed by atoms with E-state index in [0.717, 1.165) is 56.1 Å². The van der Waals surface area contributed by atoms with E-state index in [9.17, 15) is 19.2 Å². The van der Waals surface area contributed by atoms with E-state index < -0.39 is 17.4 Å². The van der Waals surface area contributed by atoms with Crippen molar-refractivity contribution in [1.29, 1.82) is 0 Å². The van der Waals surface area contributed by atoms with E-state index in [4.69, 9.17) is 26.8 Å². The van der Waals surface area contributed by atoms with Gasteiger partial charge in [0.15, 0.2) is 0 Å². The molecular weight excluding hydrogens is 502 g/mol. The van der Waals surface area contributed by atoms with Crippen molar-refractivity contribution in [3.63, 3.8) is 0 Å². The summed E-state index contributed by atoms with van der Waals surface area (Å²) in [6, 6.07) is 2.54. The van der Waals surface area contributed by atoms with E-state index in [1.54, 1.807) is 7.11 Å². The number of piperidine rings is 1. The predicted octanol–water partition coefficient (Wildman–Crippen LogP) is 1.12. The number of rotatable bonds is 7. The molecular formula is C25H28ClN5O6. The molecule has 0 unspecified atom stereocenters. The summed E-state index contributed by atoms with van der Waals surface area (Å²) in [7, 11) is 1.70. The first-order chi connectivity index (χ1) is 17.8. The van der Waals surface area contributed by atoms with Gasteiger partial charge in [-0.25, -0.2) is 0 Å². The summed E-state index contributed by atoms with van der Waals surface area (Å²) in [5.74, 6) is -1.53. The zero-order chi connectivity index (χ0) is 26.3. The summed E-state index contributed by atoms with van der Waals surface area (Å²) < 4.78 is 12.0. The number of halogens is 1. The molecule has 0 saturated carbocycles. The van der Waals surface area contributed by atoms with Crippen LogP contribution in [-0.2, 0) is 11.2 Å². The van der Waals surface area contributed by atoms with Crippen molar-refractivity contribution in [3.05, 3.63) is 49.8 Å². The van der Waals surface area contributed by atoms with Gasteiger partial charge in [-0.3, -0.25) is 29.1 Å². The third-order valence-corrected chi connectivity index (χ3v) is 7.36. The first kappa shape index (κ1) is 25.2. The van der Waals surface area contributed by atoms with E-state index >= 15 is 0 Å². The van der Waals surface area contributed by atoms with Crippen LogP contribution in [0.3, 0.4) is 0 Å². The molecule has 1 fully saturated rings. The number of nitrogens with one attached hydrogen (secondary N) is 2. The second kappa shape index (κ2) is 10.2. The van der Waals surface area contributed by atoms with E-state index in [1.165, 1.54) is 6.07 Å². The van der Waals surface area contributed by atoms with Gasteiger partial charge < -0.3 is 25.4 Å². The molecule has 4 heterocycles. The van der Waals surface area contributed by atoms with Crippen LogP contribution in [0.25, 0.3) is 5.69 Å². The Morgan fingerprint density at radius 1 is 1.24 bits per heavy atom. The number of pyridine rings is 1. The summed E-state index contributed by atoms with van der Waals surface area (Å²) in [5.41, 5.74) is 6.51. The minimum atomic E-state index is -0.684. The van der Waals surface area contributed by atoms with Crippen LogP contribution < -0.4 is 26.7 Å². The third-order valence-electron chi connectivity index (χ3n) is 7.07. The number of aromatic nitrogens is 1. The molecule has 11 nitrogen and oxygen atoms in total. The van der Waals surface area contributed by atoms with Crippen LogP contribution in [0.4, 0.5) is 5.82 Å². The highest BCUT2D eigenvalue weighted by Gasteiger charge is 2.35. The Morgan fingerprint density at radius 2 is 2.00 bits per heavy atom. The fraction of sp³-hybridized carbons (Fsp3) is 0.440. The number of nitrogen functional groups attached to an aromatic ring is 1. The molecule has 37 heavy (non-hydrogen) atoms. The van der Waals surface area contributed by atoms with Gasteiger partial charge in [-0.2, -0.15) is 0 Å². The molecule has 0 aliphatic carbocycles. The zero-order valence-electron chi connectivity index (χ0n) is 20.4. The topological polar surface area (TPSA) is 145 Å². The first-order valence-corrected chi connectivity index (χ1v) is 12.6. The molecule has 1 aromatic carbocycles. The molecule has 0 atom stereocenters. The summed E-state index contributed by atoms with van der Waals surface area (Å²) >= 11 is 6.64. The minimum absolute atomic E-state index is 0.0210. The molecule has 0 bridgehead atoms. The molecule has 196 valence electrons. The molecule has 3 aliphatic heterocycles. The molecule has 0 spiro atoms. The van der Waals surface area contributed by atoms with E-state index in [0.29, 0.717) is 24.3 Å². The van der Waals surface area contributed by atoms with Crippen molar-refractivity contribution in [2.24, 2.45) is 0 Å². The number of anilines is 1. The Bertz CT molecular complexity index is 1350. The lowest BCUT2D eigenvalue weighted by atomic mass is 10.0. The van der Waals surface area contributed by atoms with E-state index in [2.05, 4.69) is 15.5 Å². The van der Waals surface area contributed by atoms with Crippen molar-refractivity contribution in [1.82, 2.24) is 20.1 Å². The Morgan fingerprint density at radius 3 is 2.73 bits per heavy atom. The molecule has 3 amide bonds. The van der Waals surface area contributed by atoms with Gasteiger partial charge in [0, 0.05) is 57.4 Å². The monoisotopic (exact) mass is 529 g/mol. The second-order valence-electron chi connectivity index (χ2n) is 9.37. The number of benzene rings is 1. The highest BCUT2D eigenvalue weighted by molar-refractivity contribution is 6.33. The molecule has 2 aromatic rings. The summed E-state index contributed by atoms with van der Waals surface area (Å²) in [4.78, 5) is 52.9. The van der Waals surface area contributed by atoms with Gasteiger partial charge in [0.1, 0.15) is 11.6 Å². The summed E-state index contributed by atoms with van der Waals surface area (Å²) in [6.45, 7) is 3.77. The smallest absolute Gasteiger partial charge is 0.262 e. The van der Waals surface area contributed by atoms with Gasteiger partial charge in [0.05, 0.1) is 34.0 Å². The third kappa shape index (κ3) is 4.58. The van der Waals surface area contributed by atoms with Gasteiger partial charge in [-0.1, -0.05) is 11.6 Å².